The number of benzene rings is 1. The Hall–Kier alpha value is -2.04. The van der Waals surface area contributed by atoms with Crippen LogP contribution in [0.5, 0.6) is 0 Å². The van der Waals surface area contributed by atoms with Crippen LogP contribution in [-0.2, 0) is 9.59 Å². The molecule has 1 atom stereocenters. The number of rotatable bonds is 3. The maximum atomic E-state index is 13.1. The zero-order valence-corrected chi connectivity index (χ0v) is 14.8. The number of piperazine rings is 1. The number of carbonyl (C=O) groups excluding carboxylic acids is 2. The van der Waals surface area contributed by atoms with Gasteiger partial charge in [0.15, 0.2) is 0 Å². The highest BCUT2D eigenvalue weighted by molar-refractivity contribution is 5.91. The van der Waals surface area contributed by atoms with Gasteiger partial charge in [-0.25, -0.2) is 0 Å². The van der Waals surface area contributed by atoms with Crippen molar-refractivity contribution in [3.8, 4) is 0 Å². The summed E-state index contributed by atoms with van der Waals surface area (Å²) in [6, 6.07) is 10.5. The van der Waals surface area contributed by atoms with Gasteiger partial charge < -0.3 is 14.7 Å². The fourth-order valence-corrected chi connectivity index (χ4v) is 4.62. The van der Waals surface area contributed by atoms with E-state index in [0.29, 0.717) is 18.9 Å². The van der Waals surface area contributed by atoms with Crippen molar-refractivity contribution in [1.29, 1.82) is 0 Å². The molecule has 4 rings (SSSR count). The van der Waals surface area contributed by atoms with Crippen molar-refractivity contribution in [2.75, 3.05) is 31.1 Å². The smallest absolute Gasteiger partial charge is 0.245 e. The lowest BCUT2D eigenvalue weighted by atomic mass is 10.1. The lowest BCUT2D eigenvalue weighted by molar-refractivity contribution is -0.143. The molecule has 1 aliphatic carbocycles. The van der Waals surface area contributed by atoms with Crippen LogP contribution in [-0.4, -0.2) is 59.9 Å². The fraction of sp³-hybridized carbons (Fsp3) is 0.600. The van der Waals surface area contributed by atoms with Crippen molar-refractivity contribution < 1.29 is 9.59 Å². The molecule has 1 aromatic rings. The number of anilines is 1. The Labute approximate surface area is 149 Å². The van der Waals surface area contributed by atoms with Gasteiger partial charge in [0.05, 0.1) is 0 Å². The van der Waals surface area contributed by atoms with E-state index in [1.54, 1.807) is 0 Å². The highest BCUT2D eigenvalue weighted by atomic mass is 16.2. The summed E-state index contributed by atoms with van der Waals surface area (Å²) in [5, 5.41) is 0. The van der Waals surface area contributed by atoms with Crippen LogP contribution in [0.2, 0.25) is 0 Å². The normalized spacial score (nSPS) is 25.0. The standard InChI is InChI=1S/C20H27N3O2/c24-19-11-10-18(23(19)17-8-4-5-9-17)20(25)22-14-12-21(13-15-22)16-6-2-1-3-7-16/h1-3,6-7,17-18H,4-5,8-15H2/t18-/m1/s1. The second-order valence-corrected chi connectivity index (χ2v) is 7.44. The van der Waals surface area contributed by atoms with Crippen molar-refractivity contribution in [2.24, 2.45) is 0 Å². The summed E-state index contributed by atoms with van der Waals surface area (Å²) in [4.78, 5) is 31.7. The largest absolute Gasteiger partial charge is 0.368 e. The van der Waals surface area contributed by atoms with E-state index < -0.39 is 0 Å². The third-order valence-corrected chi connectivity index (χ3v) is 5.97. The molecule has 5 nitrogen and oxygen atoms in total. The molecular formula is C20H27N3O2. The van der Waals surface area contributed by atoms with Gasteiger partial charge in [0, 0.05) is 44.3 Å². The van der Waals surface area contributed by atoms with Crippen molar-refractivity contribution in [3.63, 3.8) is 0 Å². The average molecular weight is 341 g/mol. The first-order chi connectivity index (χ1) is 12.2. The highest BCUT2D eigenvalue weighted by Crippen LogP contribution is 2.32. The van der Waals surface area contributed by atoms with Gasteiger partial charge in [-0.1, -0.05) is 31.0 Å². The van der Waals surface area contributed by atoms with Crippen molar-refractivity contribution in [1.82, 2.24) is 9.80 Å². The first-order valence-electron chi connectivity index (χ1n) is 9.64. The number of hydrogen-bond donors (Lipinski definition) is 0. The summed E-state index contributed by atoms with van der Waals surface area (Å²) in [5.74, 6) is 0.360. The van der Waals surface area contributed by atoms with Crippen LogP contribution in [0.1, 0.15) is 38.5 Å². The maximum absolute atomic E-state index is 13.1. The number of amides is 2. The molecule has 1 saturated carbocycles. The Balaban J connectivity index is 1.39. The topological polar surface area (TPSA) is 43.9 Å². The van der Waals surface area contributed by atoms with Gasteiger partial charge in [0.1, 0.15) is 6.04 Å². The summed E-state index contributed by atoms with van der Waals surface area (Å²) in [6.07, 6.45) is 5.74. The van der Waals surface area contributed by atoms with Gasteiger partial charge in [-0.15, -0.1) is 0 Å². The molecule has 0 N–H and O–H groups in total. The second-order valence-electron chi connectivity index (χ2n) is 7.44. The van der Waals surface area contributed by atoms with Gasteiger partial charge in [0.2, 0.25) is 11.8 Å². The molecule has 0 radical (unpaired) electrons. The predicted molar refractivity (Wildman–Crippen MR) is 97.4 cm³/mol. The third-order valence-electron chi connectivity index (χ3n) is 5.97. The summed E-state index contributed by atoms with van der Waals surface area (Å²) >= 11 is 0. The van der Waals surface area contributed by atoms with E-state index in [9.17, 15) is 9.59 Å². The SMILES string of the molecule is O=C([C@H]1CCC(=O)N1C1CCCC1)N1CCN(c2ccccc2)CC1. The van der Waals surface area contributed by atoms with Gasteiger partial charge >= 0.3 is 0 Å². The highest BCUT2D eigenvalue weighted by Gasteiger charge is 2.42. The van der Waals surface area contributed by atoms with Crippen LogP contribution >= 0.6 is 0 Å². The van der Waals surface area contributed by atoms with Crippen LogP contribution in [0.3, 0.4) is 0 Å². The quantitative estimate of drug-likeness (QED) is 0.847. The fourth-order valence-electron chi connectivity index (χ4n) is 4.62. The van der Waals surface area contributed by atoms with Crippen LogP contribution in [0, 0.1) is 0 Å². The molecule has 2 aliphatic heterocycles. The lowest BCUT2D eigenvalue weighted by Crippen LogP contribution is -2.55. The first-order valence-corrected chi connectivity index (χ1v) is 9.64. The van der Waals surface area contributed by atoms with E-state index in [1.807, 2.05) is 15.9 Å². The zero-order chi connectivity index (χ0) is 17.2. The van der Waals surface area contributed by atoms with E-state index in [-0.39, 0.29) is 17.9 Å². The van der Waals surface area contributed by atoms with Crippen LogP contribution in [0.25, 0.3) is 0 Å². The van der Waals surface area contributed by atoms with Gasteiger partial charge in [-0.3, -0.25) is 9.59 Å². The minimum absolute atomic E-state index is 0.172. The zero-order valence-electron chi connectivity index (χ0n) is 14.8. The molecule has 3 fully saturated rings. The monoisotopic (exact) mass is 341 g/mol. The molecule has 1 aromatic carbocycles. The predicted octanol–water partition coefficient (Wildman–Crippen LogP) is 2.27. The molecule has 2 amide bonds. The number of likely N-dealkylation sites (tertiary alicyclic amines) is 1. The molecule has 5 heteroatoms. The third kappa shape index (κ3) is 3.24. The second kappa shape index (κ2) is 7.06. The summed E-state index contributed by atoms with van der Waals surface area (Å²) in [5.41, 5.74) is 1.22. The first kappa shape index (κ1) is 16.4. The summed E-state index contributed by atoms with van der Waals surface area (Å²) in [6.45, 7) is 3.22. The van der Waals surface area contributed by atoms with Gasteiger partial charge in [0.25, 0.3) is 0 Å². The number of hydrogen-bond acceptors (Lipinski definition) is 3. The number of nitrogens with zero attached hydrogens (tertiary/aromatic N) is 3. The molecule has 0 spiro atoms. The molecule has 0 bridgehead atoms. The summed E-state index contributed by atoms with van der Waals surface area (Å²) < 4.78 is 0. The average Bonchev–Trinajstić information content (AvgIpc) is 3.31. The minimum Gasteiger partial charge on any atom is -0.368 e. The van der Waals surface area contributed by atoms with E-state index in [2.05, 4.69) is 29.2 Å². The Bertz CT molecular complexity index is 619. The van der Waals surface area contributed by atoms with Crippen LogP contribution < -0.4 is 4.90 Å². The molecule has 134 valence electrons. The number of carbonyl (C=O) groups is 2. The number of para-hydroxylation sites is 1. The van der Waals surface area contributed by atoms with Crippen molar-refractivity contribution in [3.05, 3.63) is 30.3 Å². The van der Waals surface area contributed by atoms with Gasteiger partial charge in [-0.05, 0) is 31.4 Å². The molecular weight excluding hydrogens is 314 g/mol. The minimum atomic E-state index is -0.209. The molecule has 0 unspecified atom stereocenters. The maximum Gasteiger partial charge on any atom is 0.245 e. The van der Waals surface area contributed by atoms with Crippen molar-refractivity contribution in [2.45, 2.75) is 50.6 Å². The van der Waals surface area contributed by atoms with E-state index in [1.165, 1.54) is 18.5 Å². The van der Waals surface area contributed by atoms with Crippen LogP contribution in [0.15, 0.2) is 30.3 Å². The Morgan fingerprint density at radius 3 is 2.28 bits per heavy atom. The lowest BCUT2D eigenvalue weighted by Gasteiger charge is -2.39. The van der Waals surface area contributed by atoms with Crippen molar-refractivity contribution >= 4 is 17.5 Å². The molecule has 0 aromatic heterocycles. The van der Waals surface area contributed by atoms with Crippen LogP contribution in [0.4, 0.5) is 5.69 Å². The Kier molecular flexibility index (Phi) is 4.64. The van der Waals surface area contributed by atoms with E-state index in [0.717, 1.165) is 39.0 Å². The molecule has 3 aliphatic rings. The van der Waals surface area contributed by atoms with E-state index >= 15 is 0 Å². The molecule has 2 saturated heterocycles. The van der Waals surface area contributed by atoms with Gasteiger partial charge in [-0.2, -0.15) is 0 Å². The Morgan fingerprint density at radius 1 is 0.920 bits per heavy atom. The Morgan fingerprint density at radius 2 is 1.60 bits per heavy atom. The summed E-state index contributed by atoms with van der Waals surface area (Å²) in [7, 11) is 0. The molecule has 25 heavy (non-hydrogen) atoms. The molecule has 2 heterocycles. The van der Waals surface area contributed by atoms with E-state index in [4.69, 9.17) is 0 Å².